The average Bonchev–Trinajstić information content (AvgIpc) is 3.20. The Kier molecular flexibility index (Phi) is 6.94. The molecule has 0 aliphatic carbocycles. The van der Waals surface area contributed by atoms with Crippen LogP contribution in [0.4, 0.5) is 13.2 Å². The molecule has 3 aromatic rings. The molecule has 0 spiro atoms. The summed E-state index contributed by atoms with van der Waals surface area (Å²) in [7, 11) is 0. The van der Waals surface area contributed by atoms with Crippen LogP contribution in [-0.4, -0.2) is 22.4 Å². The van der Waals surface area contributed by atoms with E-state index >= 15 is 0 Å². The van der Waals surface area contributed by atoms with Crippen molar-refractivity contribution < 1.29 is 27.2 Å². The normalized spacial score (nSPS) is 11.5. The van der Waals surface area contributed by atoms with Crippen LogP contribution in [0.15, 0.2) is 53.1 Å². The highest BCUT2D eigenvalue weighted by Gasteiger charge is 2.30. The molecule has 0 saturated carbocycles. The van der Waals surface area contributed by atoms with Crippen molar-refractivity contribution in [3.8, 4) is 17.1 Å². The van der Waals surface area contributed by atoms with Gasteiger partial charge in [0.25, 0.3) is 0 Å². The summed E-state index contributed by atoms with van der Waals surface area (Å²) in [5, 5.41) is 6.66. The third-order valence-electron chi connectivity index (χ3n) is 4.52. The molecule has 6 nitrogen and oxygen atoms in total. The van der Waals surface area contributed by atoms with Crippen molar-refractivity contribution in [2.75, 3.05) is 0 Å². The van der Waals surface area contributed by atoms with E-state index in [1.165, 1.54) is 29.8 Å². The van der Waals surface area contributed by atoms with Crippen LogP contribution in [0.25, 0.3) is 11.4 Å². The van der Waals surface area contributed by atoms with Crippen LogP contribution in [-0.2, 0) is 17.8 Å². The molecule has 0 unspecified atom stereocenters. The van der Waals surface area contributed by atoms with Crippen LogP contribution in [0.2, 0.25) is 0 Å². The Morgan fingerprint density at radius 1 is 1.10 bits per heavy atom. The highest BCUT2D eigenvalue weighted by molar-refractivity contribution is 5.76. The van der Waals surface area contributed by atoms with Gasteiger partial charge in [-0.15, -0.1) is 13.2 Å². The maximum absolute atomic E-state index is 12.2. The minimum absolute atomic E-state index is 0.142. The Morgan fingerprint density at radius 2 is 1.77 bits per heavy atom. The first-order valence-corrected chi connectivity index (χ1v) is 9.74. The molecule has 0 aliphatic rings. The Morgan fingerprint density at radius 3 is 2.39 bits per heavy atom. The van der Waals surface area contributed by atoms with E-state index in [9.17, 15) is 18.0 Å². The predicted molar refractivity (Wildman–Crippen MR) is 107 cm³/mol. The smallest absolute Gasteiger partial charge is 0.406 e. The molecule has 0 aliphatic heterocycles. The topological polar surface area (TPSA) is 77.2 Å². The predicted octanol–water partition coefficient (Wildman–Crippen LogP) is 5.01. The summed E-state index contributed by atoms with van der Waals surface area (Å²) in [6.07, 6.45) is -4.31. The molecule has 3 rings (SSSR count). The van der Waals surface area contributed by atoms with E-state index in [2.05, 4.69) is 34.0 Å². The summed E-state index contributed by atoms with van der Waals surface area (Å²) in [4.78, 5) is 16.4. The first-order valence-electron chi connectivity index (χ1n) is 9.74. The second-order valence-electron chi connectivity index (χ2n) is 7.26. The zero-order valence-corrected chi connectivity index (χ0v) is 17.1. The van der Waals surface area contributed by atoms with Gasteiger partial charge in [-0.05, 0) is 29.2 Å². The number of aromatic nitrogens is 2. The summed E-state index contributed by atoms with van der Waals surface area (Å²) in [6, 6.07) is 13.2. The molecule has 1 N–H and O–H groups in total. The van der Waals surface area contributed by atoms with Crippen LogP contribution < -0.4 is 10.1 Å². The summed E-state index contributed by atoms with van der Waals surface area (Å²) < 4.78 is 45.5. The van der Waals surface area contributed by atoms with E-state index in [1.807, 2.05) is 24.3 Å². The van der Waals surface area contributed by atoms with Gasteiger partial charge >= 0.3 is 6.36 Å². The summed E-state index contributed by atoms with van der Waals surface area (Å²) in [5.74, 6) is 0.698. The van der Waals surface area contributed by atoms with Crippen molar-refractivity contribution in [2.45, 2.75) is 45.5 Å². The van der Waals surface area contributed by atoms with Gasteiger partial charge in [0.05, 0.1) is 0 Å². The highest BCUT2D eigenvalue weighted by Crippen LogP contribution is 2.23. The highest BCUT2D eigenvalue weighted by atomic mass is 19.4. The maximum Gasteiger partial charge on any atom is 0.573 e. The first kappa shape index (κ1) is 22.3. The van der Waals surface area contributed by atoms with Crippen LogP contribution >= 0.6 is 0 Å². The molecule has 1 aromatic heterocycles. The quantitative estimate of drug-likeness (QED) is 0.541. The lowest BCUT2D eigenvalue weighted by Crippen LogP contribution is -2.23. The molecule has 1 heterocycles. The monoisotopic (exact) mass is 433 g/mol. The number of carbonyl (C=O) groups is 1. The lowest BCUT2D eigenvalue weighted by Gasteiger charge is -2.09. The van der Waals surface area contributed by atoms with Crippen molar-refractivity contribution in [2.24, 2.45) is 0 Å². The van der Waals surface area contributed by atoms with Gasteiger partial charge in [-0.3, -0.25) is 4.79 Å². The first-order chi connectivity index (χ1) is 14.7. The van der Waals surface area contributed by atoms with Gasteiger partial charge in [-0.25, -0.2) is 0 Å². The van der Waals surface area contributed by atoms with Crippen LogP contribution in [0.5, 0.6) is 5.75 Å². The molecular weight excluding hydrogens is 411 g/mol. The molecule has 1 amide bonds. The van der Waals surface area contributed by atoms with E-state index in [4.69, 9.17) is 4.52 Å². The molecule has 164 valence electrons. The Balaban J connectivity index is 1.46. The van der Waals surface area contributed by atoms with Crippen LogP contribution in [0.3, 0.4) is 0 Å². The number of halogens is 3. The summed E-state index contributed by atoms with van der Waals surface area (Å²) in [6.45, 7) is 4.41. The van der Waals surface area contributed by atoms with Crippen molar-refractivity contribution >= 4 is 5.91 Å². The summed E-state index contributed by atoms with van der Waals surface area (Å²) >= 11 is 0. The van der Waals surface area contributed by atoms with E-state index < -0.39 is 6.36 Å². The number of hydrogen-bond acceptors (Lipinski definition) is 5. The number of ether oxygens (including phenoxy) is 1. The molecule has 2 aromatic carbocycles. The van der Waals surface area contributed by atoms with Crippen LogP contribution in [0.1, 0.15) is 43.2 Å². The largest absolute Gasteiger partial charge is 0.573 e. The second-order valence-corrected chi connectivity index (χ2v) is 7.26. The molecular formula is C22H22F3N3O3. The van der Waals surface area contributed by atoms with Gasteiger partial charge < -0.3 is 14.6 Å². The standard InChI is InChI=1S/C22H22F3N3O3/c1-14(2)16-5-7-17(8-6-16)21-27-20(31-28-21)12-11-19(29)26-13-15-3-9-18(10-4-15)30-22(23,24)25/h3-10,14H,11-13H2,1-2H3,(H,26,29). The van der Waals surface area contributed by atoms with Crippen molar-refractivity contribution in [1.29, 1.82) is 0 Å². The van der Waals surface area contributed by atoms with E-state index in [-0.39, 0.29) is 31.0 Å². The lowest BCUT2D eigenvalue weighted by molar-refractivity contribution is -0.274. The van der Waals surface area contributed by atoms with Crippen LogP contribution in [0, 0.1) is 0 Å². The Bertz CT molecular complexity index is 997. The van der Waals surface area contributed by atoms with Gasteiger partial charge in [0.2, 0.25) is 17.6 Å². The zero-order chi connectivity index (χ0) is 22.4. The number of alkyl halides is 3. The number of nitrogens with one attached hydrogen (secondary N) is 1. The number of hydrogen-bond donors (Lipinski definition) is 1. The fourth-order valence-electron chi connectivity index (χ4n) is 2.81. The lowest BCUT2D eigenvalue weighted by atomic mass is 10.0. The summed E-state index contributed by atoms with van der Waals surface area (Å²) in [5.41, 5.74) is 2.70. The number of nitrogens with zero attached hydrogens (tertiary/aromatic N) is 2. The number of benzene rings is 2. The van der Waals surface area contributed by atoms with Gasteiger partial charge in [0.1, 0.15) is 5.75 Å². The molecule has 0 radical (unpaired) electrons. The third-order valence-corrected chi connectivity index (χ3v) is 4.52. The number of aryl methyl sites for hydroxylation is 1. The van der Waals surface area contributed by atoms with Gasteiger partial charge in [-0.2, -0.15) is 4.98 Å². The van der Waals surface area contributed by atoms with Gasteiger partial charge in [0, 0.05) is 24.9 Å². The Labute approximate surface area is 177 Å². The number of rotatable bonds is 8. The second kappa shape index (κ2) is 9.63. The number of amides is 1. The minimum Gasteiger partial charge on any atom is -0.406 e. The minimum atomic E-state index is -4.73. The molecule has 0 saturated heterocycles. The van der Waals surface area contributed by atoms with Crippen molar-refractivity contribution in [1.82, 2.24) is 15.5 Å². The molecule has 0 bridgehead atoms. The maximum atomic E-state index is 12.2. The zero-order valence-electron chi connectivity index (χ0n) is 17.1. The molecule has 0 atom stereocenters. The van der Waals surface area contributed by atoms with Crippen molar-refractivity contribution in [3.05, 3.63) is 65.5 Å². The average molecular weight is 433 g/mol. The molecule has 31 heavy (non-hydrogen) atoms. The number of carbonyl (C=O) groups excluding carboxylic acids is 1. The van der Waals surface area contributed by atoms with E-state index in [0.717, 1.165) is 5.56 Å². The van der Waals surface area contributed by atoms with Gasteiger partial charge in [-0.1, -0.05) is 55.4 Å². The fraction of sp³-hybridized carbons (Fsp3) is 0.318. The van der Waals surface area contributed by atoms with E-state index in [1.54, 1.807) is 0 Å². The van der Waals surface area contributed by atoms with E-state index in [0.29, 0.717) is 23.2 Å². The third kappa shape index (κ3) is 6.84. The Hall–Kier alpha value is -3.36. The van der Waals surface area contributed by atoms with Gasteiger partial charge in [0.15, 0.2) is 0 Å². The fourth-order valence-corrected chi connectivity index (χ4v) is 2.81. The molecule has 0 fully saturated rings. The SMILES string of the molecule is CC(C)c1ccc(-c2noc(CCC(=O)NCc3ccc(OC(F)(F)F)cc3)n2)cc1. The molecule has 9 heteroatoms. The van der Waals surface area contributed by atoms with Crippen molar-refractivity contribution in [3.63, 3.8) is 0 Å².